The van der Waals surface area contributed by atoms with E-state index in [1.807, 2.05) is 31.3 Å². The lowest BCUT2D eigenvalue weighted by Crippen LogP contribution is -2.19. The summed E-state index contributed by atoms with van der Waals surface area (Å²) in [5.41, 5.74) is 4.04. The molecular weight excluding hydrogens is 222 g/mol. The summed E-state index contributed by atoms with van der Waals surface area (Å²) < 4.78 is 0. The van der Waals surface area contributed by atoms with E-state index in [0.29, 0.717) is 0 Å². The van der Waals surface area contributed by atoms with E-state index in [-0.39, 0.29) is 5.54 Å². The number of aromatic nitrogens is 1. The highest BCUT2D eigenvalue weighted by Gasteiger charge is 2.35. The summed E-state index contributed by atoms with van der Waals surface area (Å²) in [6, 6.07) is 10.2. The highest BCUT2D eigenvalue weighted by molar-refractivity contribution is 5.83. The van der Waals surface area contributed by atoms with Crippen molar-refractivity contribution in [1.82, 2.24) is 4.98 Å². The number of azo groups is 1. The largest absolute Gasteiger partial charge is 0.256 e. The molecule has 3 nitrogen and oxygen atoms in total. The fraction of sp³-hybridized carbons (Fsp3) is 0.267. The molecule has 0 radical (unpaired) electrons. The molecule has 1 aromatic heterocycles. The Morgan fingerprint density at radius 2 is 1.89 bits per heavy atom. The third-order valence-corrected chi connectivity index (χ3v) is 3.84. The zero-order chi connectivity index (χ0) is 12.8. The Bertz CT molecular complexity index is 680. The Labute approximate surface area is 106 Å². The van der Waals surface area contributed by atoms with Crippen molar-refractivity contribution in [3.63, 3.8) is 0 Å². The third-order valence-electron chi connectivity index (χ3n) is 3.84. The maximum atomic E-state index is 4.47. The predicted octanol–water partition coefficient (Wildman–Crippen LogP) is 4.21. The zero-order valence-corrected chi connectivity index (χ0v) is 10.8. The van der Waals surface area contributed by atoms with Gasteiger partial charge in [-0.25, -0.2) is 0 Å². The molecule has 0 bridgehead atoms. The van der Waals surface area contributed by atoms with E-state index in [0.717, 1.165) is 16.6 Å². The lowest BCUT2D eigenvalue weighted by atomic mass is 9.84. The van der Waals surface area contributed by atoms with Crippen LogP contribution in [0.1, 0.15) is 26.3 Å². The highest BCUT2D eigenvalue weighted by Crippen LogP contribution is 2.42. The van der Waals surface area contributed by atoms with Crippen molar-refractivity contribution in [2.75, 3.05) is 0 Å². The van der Waals surface area contributed by atoms with Crippen LogP contribution in [-0.4, -0.2) is 4.98 Å². The van der Waals surface area contributed by atoms with Crippen LogP contribution in [0.5, 0.6) is 0 Å². The normalized spacial score (nSPS) is 23.1. The fourth-order valence-electron chi connectivity index (χ4n) is 2.46. The van der Waals surface area contributed by atoms with Gasteiger partial charge < -0.3 is 0 Å². The van der Waals surface area contributed by atoms with E-state index in [1.54, 1.807) is 0 Å². The molecule has 0 saturated carbocycles. The summed E-state index contributed by atoms with van der Waals surface area (Å²) in [4.78, 5) is 4.40. The van der Waals surface area contributed by atoms with Crippen LogP contribution >= 0.6 is 0 Å². The Morgan fingerprint density at radius 1 is 1.06 bits per heavy atom. The molecule has 0 N–H and O–H groups in total. The van der Waals surface area contributed by atoms with Crippen LogP contribution in [-0.2, 0) is 5.54 Å². The lowest BCUT2D eigenvalue weighted by molar-refractivity contribution is 0.590. The van der Waals surface area contributed by atoms with Gasteiger partial charge in [-0.3, -0.25) is 4.98 Å². The van der Waals surface area contributed by atoms with Crippen LogP contribution in [0.3, 0.4) is 0 Å². The lowest BCUT2D eigenvalue weighted by Gasteiger charge is -2.23. The average molecular weight is 237 g/mol. The Kier molecular flexibility index (Phi) is 2.30. The van der Waals surface area contributed by atoms with Crippen LogP contribution in [0.25, 0.3) is 10.9 Å². The van der Waals surface area contributed by atoms with E-state index < -0.39 is 0 Å². The minimum Gasteiger partial charge on any atom is -0.256 e. The molecule has 0 aliphatic carbocycles. The quantitative estimate of drug-likeness (QED) is 0.732. The van der Waals surface area contributed by atoms with Crippen LogP contribution in [0.15, 0.2) is 58.0 Å². The Balaban J connectivity index is 2.31. The Morgan fingerprint density at radius 3 is 2.61 bits per heavy atom. The van der Waals surface area contributed by atoms with Crippen molar-refractivity contribution in [3.05, 3.63) is 53.4 Å². The number of fused-ring (bicyclic) bond motifs is 1. The molecule has 1 unspecified atom stereocenters. The van der Waals surface area contributed by atoms with Crippen molar-refractivity contribution in [2.24, 2.45) is 10.2 Å². The maximum Gasteiger partial charge on any atom is 0.127 e. The molecule has 0 amide bonds. The van der Waals surface area contributed by atoms with Crippen molar-refractivity contribution in [2.45, 2.75) is 26.3 Å². The first-order valence-corrected chi connectivity index (χ1v) is 6.08. The van der Waals surface area contributed by atoms with E-state index in [1.165, 1.54) is 11.1 Å². The van der Waals surface area contributed by atoms with Gasteiger partial charge in [0.1, 0.15) is 5.54 Å². The first-order valence-electron chi connectivity index (χ1n) is 6.08. The predicted molar refractivity (Wildman–Crippen MR) is 72.3 cm³/mol. The van der Waals surface area contributed by atoms with E-state index >= 15 is 0 Å². The smallest absolute Gasteiger partial charge is 0.127 e. The molecule has 1 aliphatic rings. The number of allylic oxidation sites excluding steroid dienone is 1. The van der Waals surface area contributed by atoms with E-state index in [2.05, 4.69) is 41.2 Å². The topological polar surface area (TPSA) is 37.6 Å². The number of nitrogens with zero attached hydrogens (tertiary/aromatic N) is 3. The Hall–Kier alpha value is -2.03. The fourth-order valence-corrected chi connectivity index (χ4v) is 2.46. The van der Waals surface area contributed by atoms with Crippen molar-refractivity contribution < 1.29 is 0 Å². The first kappa shape index (κ1) is 11.1. The van der Waals surface area contributed by atoms with Crippen molar-refractivity contribution in [1.29, 1.82) is 0 Å². The number of benzene rings is 1. The molecule has 0 fully saturated rings. The van der Waals surface area contributed by atoms with Crippen LogP contribution in [0.2, 0.25) is 0 Å². The second-order valence-electron chi connectivity index (χ2n) is 4.86. The number of hydrogen-bond donors (Lipinski definition) is 0. The molecule has 3 heteroatoms. The molecular formula is C15H15N3. The summed E-state index contributed by atoms with van der Waals surface area (Å²) in [6.45, 7) is 6.22. The zero-order valence-electron chi connectivity index (χ0n) is 10.8. The summed E-state index contributed by atoms with van der Waals surface area (Å²) in [6.07, 6.45) is 1.82. The molecule has 3 rings (SSSR count). The number of pyridine rings is 1. The molecule has 18 heavy (non-hydrogen) atoms. The summed E-state index contributed by atoms with van der Waals surface area (Å²) in [5, 5.41) is 9.86. The van der Waals surface area contributed by atoms with Gasteiger partial charge in [0.2, 0.25) is 0 Å². The van der Waals surface area contributed by atoms with Crippen molar-refractivity contribution in [3.8, 4) is 0 Å². The van der Waals surface area contributed by atoms with Gasteiger partial charge in [0, 0.05) is 11.6 Å². The summed E-state index contributed by atoms with van der Waals surface area (Å²) in [5.74, 6) is 0. The van der Waals surface area contributed by atoms with E-state index in [4.69, 9.17) is 0 Å². The minimum absolute atomic E-state index is 0.355. The van der Waals surface area contributed by atoms with Crippen LogP contribution in [0, 0.1) is 0 Å². The van der Waals surface area contributed by atoms with Gasteiger partial charge in [-0.1, -0.05) is 18.2 Å². The van der Waals surface area contributed by atoms with E-state index in [9.17, 15) is 0 Å². The second kappa shape index (κ2) is 3.73. The van der Waals surface area contributed by atoms with Gasteiger partial charge >= 0.3 is 0 Å². The van der Waals surface area contributed by atoms with Crippen LogP contribution < -0.4 is 0 Å². The summed E-state index contributed by atoms with van der Waals surface area (Å²) >= 11 is 0. The monoisotopic (exact) mass is 237 g/mol. The first-order chi connectivity index (χ1) is 8.63. The molecule has 2 aromatic rings. The van der Waals surface area contributed by atoms with Gasteiger partial charge in [-0.05, 0) is 44.0 Å². The molecule has 90 valence electrons. The molecule has 1 atom stereocenters. The molecule has 0 spiro atoms. The van der Waals surface area contributed by atoms with Crippen molar-refractivity contribution >= 4 is 10.9 Å². The van der Waals surface area contributed by atoms with Gasteiger partial charge in [-0.2, -0.15) is 10.2 Å². The third kappa shape index (κ3) is 1.40. The van der Waals surface area contributed by atoms with Gasteiger partial charge in [0.25, 0.3) is 0 Å². The highest BCUT2D eigenvalue weighted by atomic mass is 15.2. The molecule has 0 saturated heterocycles. The SMILES string of the molecule is CC1=C(C)C(C)(c2cccc3ncccc23)N=N1. The number of hydrogen-bond acceptors (Lipinski definition) is 3. The van der Waals surface area contributed by atoms with Gasteiger partial charge in [-0.15, -0.1) is 0 Å². The standard InChI is InChI=1S/C15H15N3/c1-10-11(2)17-18-15(10,3)13-7-4-8-14-12(13)6-5-9-16-14/h4-9H,1-3H3. The number of rotatable bonds is 1. The summed E-state index contributed by atoms with van der Waals surface area (Å²) in [7, 11) is 0. The molecule has 2 heterocycles. The van der Waals surface area contributed by atoms with Gasteiger partial charge in [0.15, 0.2) is 0 Å². The average Bonchev–Trinajstić information content (AvgIpc) is 2.67. The minimum atomic E-state index is -0.355. The van der Waals surface area contributed by atoms with Crippen LogP contribution in [0.4, 0.5) is 0 Å². The maximum absolute atomic E-state index is 4.47. The molecule has 1 aliphatic heterocycles. The second-order valence-corrected chi connectivity index (χ2v) is 4.86. The molecule has 1 aromatic carbocycles. The van der Waals surface area contributed by atoms with Gasteiger partial charge in [0.05, 0.1) is 11.2 Å².